The van der Waals surface area contributed by atoms with Crippen LogP contribution in [0.15, 0.2) is 84.0 Å². The minimum atomic E-state index is -0.372. The molecule has 0 fully saturated rings. The van der Waals surface area contributed by atoms with E-state index in [1.54, 1.807) is 12.3 Å². The number of aromatic amines is 1. The van der Waals surface area contributed by atoms with Crippen molar-refractivity contribution >= 4 is 29.4 Å². The Balaban J connectivity index is 1.32. The second-order valence-electron chi connectivity index (χ2n) is 7.79. The first-order valence-corrected chi connectivity index (χ1v) is 11.0. The molecular weight excluding hydrogens is 450 g/mol. The molecule has 0 saturated heterocycles. The van der Waals surface area contributed by atoms with Gasteiger partial charge in [-0.3, -0.25) is 9.89 Å². The summed E-state index contributed by atoms with van der Waals surface area (Å²) < 4.78 is 5.81. The van der Waals surface area contributed by atoms with E-state index < -0.39 is 0 Å². The summed E-state index contributed by atoms with van der Waals surface area (Å²) in [6, 6.07) is 24.6. The third-order valence-corrected chi connectivity index (χ3v) is 5.33. The molecule has 1 amide bonds. The van der Waals surface area contributed by atoms with E-state index >= 15 is 0 Å². The minimum Gasteiger partial charge on any atom is -0.489 e. The molecule has 0 radical (unpaired) electrons. The van der Waals surface area contributed by atoms with Gasteiger partial charge >= 0.3 is 0 Å². The number of aromatic nitrogens is 2. The zero-order valence-corrected chi connectivity index (χ0v) is 19.6. The molecule has 0 aliphatic rings. The molecule has 4 rings (SSSR count). The number of halogens is 1. The number of hydrogen-bond acceptors (Lipinski definition) is 5. The third kappa shape index (κ3) is 6.02. The van der Waals surface area contributed by atoms with Gasteiger partial charge in [0.1, 0.15) is 18.1 Å². The van der Waals surface area contributed by atoms with Gasteiger partial charge in [0.2, 0.25) is 0 Å². The molecule has 0 aliphatic heterocycles. The summed E-state index contributed by atoms with van der Waals surface area (Å²) in [5.74, 6) is 0.364. The average Bonchev–Trinajstić information content (AvgIpc) is 3.35. The number of carbonyl (C=O) groups is 1. The summed E-state index contributed by atoms with van der Waals surface area (Å²) >= 11 is 5.91. The number of hydrazone groups is 1. The highest BCUT2D eigenvalue weighted by Gasteiger charge is 2.10. The van der Waals surface area contributed by atoms with Gasteiger partial charge in [-0.2, -0.15) is 10.2 Å². The molecule has 0 bridgehead atoms. The highest BCUT2D eigenvalue weighted by Crippen LogP contribution is 2.22. The van der Waals surface area contributed by atoms with Crippen LogP contribution < -0.4 is 15.1 Å². The van der Waals surface area contributed by atoms with E-state index in [0.717, 1.165) is 28.1 Å². The van der Waals surface area contributed by atoms with E-state index in [2.05, 4.69) is 20.7 Å². The van der Waals surface area contributed by atoms with Crippen molar-refractivity contribution in [3.63, 3.8) is 0 Å². The van der Waals surface area contributed by atoms with Gasteiger partial charge in [-0.1, -0.05) is 35.9 Å². The fourth-order valence-electron chi connectivity index (χ4n) is 3.14. The Bertz CT molecular complexity index is 1260. The Morgan fingerprint density at radius 1 is 1.06 bits per heavy atom. The Hall–Kier alpha value is -4.10. The standard InChI is InChI=1S/C26H24ClN5O2/c1-32(2)22-11-5-18(6-12-22)16-28-31-26(33)25-15-24(29-30-25)20-7-13-23(14-8-20)34-17-19-3-9-21(27)10-4-19/h3-16H,17H2,1-2H3,(H,29,30)(H,31,33). The number of H-pyrrole nitrogens is 1. The van der Waals surface area contributed by atoms with Crippen molar-refractivity contribution in [2.24, 2.45) is 5.10 Å². The monoisotopic (exact) mass is 473 g/mol. The molecule has 0 unspecified atom stereocenters. The zero-order valence-electron chi connectivity index (χ0n) is 18.8. The smallest absolute Gasteiger partial charge is 0.289 e. The van der Waals surface area contributed by atoms with Crippen molar-refractivity contribution < 1.29 is 9.53 Å². The minimum absolute atomic E-state index is 0.318. The van der Waals surface area contributed by atoms with Gasteiger partial charge < -0.3 is 9.64 Å². The molecular formula is C26H24ClN5O2. The number of benzene rings is 3. The van der Waals surface area contributed by atoms with Crippen LogP contribution in [-0.2, 0) is 6.61 Å². The van der Waals surface area contributed by atoms with Crippen molar-refractivity contribution in [1.82, 2.24) is 15.6 Å². The van der Waals surface area contributed by atoms with E-state index in [9.17, 15) is 4.79 Å². The van der Waals surface area contributed by atoms with Gasteiger partial charge in [-0.15, -0.1) is 0 Å². The summed E-state index contributed by atoms with van der Waals surface area (Å²) in [5.41, 5.74) is 7.35. The van der Waals surface area contributed by atoms with Crippen molar-refractivity contribution in [2.75, 3.05) is 19.0 Å². The van der Waals surface area contributed by atoms with Crippen LogP contribution in [0.4, 0.5) is 5.69 Å². The van der Waals surface area contributed by atoms with Crippen molar-refractivity contribution in [1.29, 1.82) is 0 Å². The summed E-state index contributed by atoms with van der Waals surface area (Å²) in [7, 11) is 3.96. The number of rotatable bonds is 8. The van der Waals surface area contributed by atoms with Gasteiger partial charge in [0.25, 0.3) is 5.91 Å². The molecule has 1 aromatic heterocycles. The molecule has 2 N–H and O–H groups in total. The highest BCUT2D eigenvalue weighted by molar-refractivity contribution is 6.30. The highest BCUT2D eigenvalue weighted by atomic mass is 35.5. The predicted molar refractivity (Wildman–Crippen MR) is 136 cm³/mol. The number of carbonyl (C=O) groups excluding carboxylic acids is 1. The first-order chi connectivity index (χ1) is 16.5. The van der Waals surface area contributed by atoms with Gasteiger partial charge in [0.15, 0.2) is 0 Å². The molecule has 7 nitrogen and oxygen atoms in total. The summed E-state index contributed by atoms with van der Waals surface area (Å²) in [5, 5.41) is 11.7. The first kappa shape index (κ1) is 23.1. The van der Waals surface area contributed by atoms with E-state index in [1.807, 2.05) is 91.8 Å². The molecule has 0 atom stereocenters. The number of nitrogens with one attached hydrogen (secondary N) is 2. The van der Waals surface area contributed by atoms with Crippen LogP contribution >= 0.6 is 11.6 Å². The summed E-state index contributed by atoms with van der Waals surface area (Å²) in [6.07, 6.45) is 1.59. The van der Waals surface area contributed by atoms with Crippen LogP contribution in [0.25, 0.3) is 11.3 Å². The molecule has 4 aromatic rings. The Morgan fingerprint density at radius 3 is 2.44 bits per heavy atom. The van der Waals surface area contributed by atoms with Crippen molar-refractivity contribution in [2.45, 2.75) is 6.61 Å². The maximum atomic E-state index is 12.4. The normalized spacial score (nSPS) is 10.9. The second-order valence-corrected chi connectivity index (χ2v) is 8.23. The number of nitrogens with zero attached hydrogens (tertiary/aromatic N) is 3. The summed E-state index contributed by atoms with van der Waals surface area (Å²) in [6.45, 7) is 0.448. The van der Waals surface area contributed by atoms with Crippen molar-refractivity contribution in [3.05, 3.63) is 101 Å². The topological polar surface area (TPSA) is 82.6 Å². The maximum absolute atomic E-state index is 12.4. The molecule has 0 saturated carbocycles. The van der Waals surface area contributed by atoms with Crippen LogP contribution in [0.1, 0.15) is 21.6 Å². The Kier molecular flexibility index (Phi) is 7.25. The molecule has 0 spiro atoms. The fourth-order valence-corrected chi connectivity index (χ4v) is 3.27. The van der Waals surface area contributed by atoms with E-state index in [1.165, 1.54) is 0 Å². The Labute approximate surface area is 203 Å². The summed E-state index contributed by atoms with van der Waals surface area (Å²) in [4.78, 5) is 14.4. The molecule has 3 aromatic carbocycles. The maximum Gasteiger partial charge on any atom is 0.289 e. The van der Waals surface area contributed by atoms with Crippen molar-refractivity contribution in [3.8, 4) is 17.0 Å². The average molecular weight is 474 g/mol. The molecule has 1 heterocycles. The van der Waals surface area contributed by atoms with E-state index in [0.29, 0.717) is 23.0 Å². The quantitative estimate of drug-likeness (QED) is 0.274. The van der Waals surface area contributed by atoms with Crippen LogP contribution in [0.5, 0.6) is 5.75 Å². The number of hydrogen-bond donors (Lipinski definition) is 2. The molecule has 172 valence electrons. The second kappa shape index (κ2) is 10.7. The number of anilines is 1. The largest absolute Gasteiger partial charge is 0.489 e. The zero-order chi connectivity index (χ0) is 23.9. The molecule has 8 heteroatoms. The van der Waals surface area contributed by atoms with Crippen LogP contribution in [0.3, 0.4) is 0 Å². The van der Waals surface area contributed by atoms with E-state index in [-0.39, 0.29) is 5.91 Å². The fraction of sp³-hybridized carbons (Fsp3) is 0.115. The lowest BCUT2D eigenvalue weighted by atomic mass is 10.1. The van der Waals surface area contributed by atoms with Gasteiger partial charge in [-0.25, -0.2) is 5.43 Å². The van der Waals surface area contributed by atoms with E-state index in [4.69, 9.17) is 16.3 Å². The first-order valence-electron chi connectivity index (χ1n) is 10.6. The SMILES string of the molecule is CN(C)c1ccc(C=NNC(=O)c2cc(-c3ccc(OCc4ccc(Cl)cc4)cc3)n[nH]2)cc1. The lowest BCUT2D eigenvalue weighted by molar-refractivity contribution is 0.0950. The molecule has 0 aliphatic carbocycles. The van der Waals surface area contributed by atoms with Crippen LogP contribution in [-0.4, -0.2) is 36.4 Å². The third-order valence-electron chi connectivity index (χ3n) is 5.08. The van der Waals surface area contributed by atoms with Gasteiger partial charge in [0, 0.05) is 30.4 Å². The Morgan fingerprint density at radius 2 is 1.76 bits per heavy atom. The lowest BCUT2D eigenvalue weighted by Gasteiger charge is -2.11. The predicted octanol–water partition coefficient (Wildman–Crippen LogP) is 5.14. The van der Waals surface area contributed by atoms with Crippen LogP contribution in [0.2, 0.25) is 5.02 Å². The van der Waals surface area contributed by atoms with Crippen LogP contribution in [0, 0.1) is 0 Å². The van der Waals surface area contributed by atoms with Gasteiger partial charge in [-0.05, 0) is 65.7 Å². The number of amides is 1. The lowest BCUT2D eigenvalue weighted by Crippen LogP contribution is -2.18. The molecule has 34 heavy (non-hydrogen) atoms. The number of ether oxygens (including phenoxy) is 1. The van der Waals surface area contributed by atoms with Gasteiger partial charge in [0.05, 0.1) is 11.9 Å².